The molecule has 11 heteroatoms. The fourth-order valence-electron chi connectivity index (χ4n) is 2.92. The predicted octanol–water partition coefficient (Wildman–Crippen LogP) is 3.87. The van der Waals surface area contributed by atoms with E-state index in [9.17, 15) is 13.2 Å². The Morgan fingerprint density at radius 2 is 1.82 bits per heavy atom. The maximum atomic E-state index is 12.7. The summed E-state index contributed by atoms with van der Waals surface area (Å²) in [4.78, 5) is 20.5. The van der Waals surface area contributed by atoms with Crippen LogP contribution in [0.5, 0.6) is 11.6 Å². The average molecular weight is 484 g/mol. The molecule has 0 saturated carbocycles. The van der Waals surface area contributed by atoms with Crippen LogP contribution in [0.15, 0.2) is 71.2 Å². The smallest absolute Gasteiger partial charge is 0.271 e. The van der Waals surface area contributed by atoms with Crippen molar-refractivity contribution in [3.05, 3.63) is 77.7 Å². The van der Waals surface area contributed by atoms with Crippen molar-refractivity contribution in [2.75, 3.05) is 4.72 Å². The normalized spacial score (nSPS) is 11.2. The second-order valence-electron chi connectivity index (χ2n) is 7.06. The Bertz CT molecular complexity index is 1360. The number of amides is 1. The zero-order valence-corrected chi connectivity index (χ0v) is 19.5. The van der Waals surface area contributed by atoms with Crippen LogP contribution in [-0.2, 0) is 21.4 Å². The summed E-state index contributed by atoms with van der Waals surface area (Å²) < 4.78 is 35.8. The Morgan fingerprint density at radius 3 is 2.52 bits per heavy atom. The fourth-order valence-corrected chi connectivity index (χ4v) is 5.28. The van der Waals surface area contributed by atoms with Crippen LogP contribution in [0.3, 0.4) is 0 Å². The van der Waals surface area contributed by atoms with Gasteiger partial charge in [-0.05, 0) is 55.5 Å². The number of sulfonamides is 1. The van der Waals surface area contributed by atoms with Gasteiger partial charge >= 0.3 is 0 Å². The zero-order chi connectivity index (χ0) is 23.4. The van der Waals surface area contributed by atoms with E-state index in [2.05, 4.69) is 20.0 Å². The molecule has 4 rings (SSSR count). The minimum atomic E-state index is -3.75. The first-order chi connectivity index (χ1) is 15.8. The summed E-state index contributed by atoms with van der Waals surface area (Å²) in [6.45, 7) is 3.48. The SMILES string of the molecule is CC(=O)NCc1ccc(S(=O)(=O)Nc2ccc(Oc3cc(-n4cccc4)nc(C)n3)cc2)s1. The summed E-state index contributed by atoms with van der Waals surface area (Å²) in [6, 6.07) is 15.2. The molecule has 4 aromatic rings. The third-order valence-corrected chi connectivity index (χ3v) is 7.37. The van der Waals surface area contributed by atoms with Crippen molar-refractivity contribution in [2.45, 2.75) is 24.6 Å². The number of nitrogens with zero attached hydrogens (tertiary/aromatic N) is 3. The quantitative estimate of drug-likeness (QED) is 0.393. The van der Waals surface area contributed by atoms with Gasteiger partial charge in [-0.3, -0.25) is 9.52 Å². The van der Waals surface area contributed by atoms with Gasteiger partial charge in [-0.2, -0.15) is 4.98 Å². The summed E-state index contributed by atoms with van der Waals surface area (Å²) >= 11 is 1.10. The highest BCUT2D eigenvalue weighted by molar-refractivity contribution is 7.94. The molecule has 3 aromatic heterocycles. The highest BCUT2D eigenvalue weighted by Gasteiger charge is 2.17. The molecular formula is C22H21N5O4S2. The average Bonchev–Trinajstić information content (AvgIpc) is 3.46. The van der Waals surface area contributed by atoms with Crippen LogP contribution in [0, 0.1) is 6.92 Å². The second kappa shape index (κ2) is 9.43. The number of anilines is 1. The predicted molar refractivity (Wildman–Crippen MR) is 125 cm³/mol. The van der Waals surface area contributed by atoms with Crippen LogP contribution in [0.25, 0.3) is 5.82 Å². The summed E-state index contributed by atoms with van der Waals surface area (Å²) in [5, 5.41) is 2.65. The molecule has 0 radical (unpaired) electrons. The molecule has 3 heterocycles. The minimum absolute atomic E-state index is 0.164. The van der Waals surface area contributed by atoms with Crippen LogP contribution < -0.4 is 14.8 Å². The molecule has 0 unspecified atom stereocenters. The van der Waals surface area contributed by atoms with E-state index in [4.69, 9.17) is 4.74 Å². The van der Waals surface area contributed by atoms with Crippen molar-refractivity contribution in [1.82, 2.24) is 19.9 Å². The van der Waals surface area contributed by atoms with Crippen molar-refractivity contribution in [3.8, 4) is 17.4 Å². The van der Waals surface area contributed by atoms with Crippen molar-refractivity contribution in [1.29, 1.82) is 0 Å². The standard InChI is InChI=1S/C22H21N5O4S2/c1-15-24-20(27-11-3-4-12-27)13-21(25-15)31-18-7-5-17(6-8-18)26-33(29,30)22-10-9-19(32-22)14-23-16(2)28/h3-13,26H,14H2,1-2H3,(H,23,28). The van der Waals surface area contributed by atoms with Gasteiger partial charge in [-0.25, -0.2) is 13.4 Å². The van der Waals surface area contributed by atoms with Crippen LogP contribution in [0.1, 0.15) is 17.6 Å². The maximum Gasteiger partial charge on any atom is 0.271 e. The van der Waals surface area contributed by atoms with Crippen LogP contribution in [0.4, 0.5) is 5.69 Å². The third-order valence-electron chi connectivity index (χ3n) is 4.41. The number of hydrogen-bond donors (Lipinski definition) is 2. The highest BCUT2D eigenvalue weighted by atomic mass is 32.2. The number of ether oxygens (including phenoxy) is 1. The zero-order valence-electron chi connectivity index (χ0n) is 17.8. The minimum Gasteiger partial charge on any atom is -0.439 e. The van der Waals surface area contributed by atoms with Gasteiger partial charge < -0.3 is 14.6 Å². The van der Waals surface area contributed by atoms with Gasteiger partial charge in [0.25, 0.3) is 10.0 Å². The molecule has 9 nitrogen and oxygen atoms in total. The topological polar surface area (TPSA) is 115 Å². The Balaban J connectivity index is 1.44. The Hall–Kier alpha value is -3.70. The van der Waals surface area contributed by atoms with E-state index in [1.807, 2.05) is 29.1 Å². The van der Waals surface area contributed by atoms with E-state index in [-0.39, 0.29) is 16.7 Å². The number of carbonyl (C=O) groups is 1. The monoisotopic (exact) mass is 483 g/mol. The maximum absolute atomic E-state index is 12.7. The third kappa shape index (κ3) is 5.76. The van der Waals surface area contributed by atoms with Crippen molar-refractivity contribution in [2.24, 2.45) is 0 Å². The molecule has 0 aliphatic rings. The number of hydrogen-bond acceptors (Lipinski definition) is 7. The largest absolute Gasteiger partial charge is 0.439 e. The number of aromatic nitrogens is 3. The Kier molecular flexibility index (Phi) is 6.43. The molecule has 0 saturated heterocycles. The van der Waals surface area contributed by atoms with Gasteiger partial charge in [0.15, 0.2) is 0 Å². The van der Waals surface area contributed by atoms with E-state index in [0.717, 1.165) is 16.2 Å². The first-order valence-electron chi connectivity index (χ1n) is 9.91. The Morgan fingerprint density at radius 1 is 1.09 bits per heavy atom. The number of nitrogens with one attached hydrogen (secondary N) is 2. The molecule has 0 bridgehead atoms. The summed E-state index contributed by atoms with van der Waals surface area (Å²) in [5.74, 6) is 1.95. The summed E-state index contributed by atoms with van der Waals surface area (Å²) in [6.07, 6.45) is 3.76. The van der Waals surface area contributed by atoms with Gasteiger partial charge in [-0.1, -0.05) is 0 Å². The highest BCUT2D eigenvalue weighted by Crippen LogP contribution is 2.27. The molecule has 1 aromatic carbocycles. The Labute approximate surface area is 195 Å². The van der Waals surface area contributed by atoms with E-state index in [0.29, 0.717) is 29.0 Å². The van der Waals surface area contributed by atoms with E-state index in [1.54, 1.807) is 43.3 Å². The fraction of sp³-hybridized carbons (Fsp3) is 0.136. The van der Waals surface area contributed by atoms with Crippen molar-refractivity contribution < 1.29 is 17.9 Å². The van der Waals surface area contributed by atoms with Crippen molar-refractivity contribution >= 4 is 33.0 Å². The van der Waals surface area contributed by atoms with Crippen molar-refractivity contribution in [3.63, 3.8) is 0 Å². The molecule has 0 spiro atoms. The molecule has 2 N–H and O–H groups in total. The first-order valence-corrected chi connectivity index (χ1v) is 12.2. The molecular weight excluding hydrogens is 462 g/mol. The molecule has 0 aliphatic heterocycles. The lowest BCUT2D eigenvalue weighted by Gasteiger charge is -2.10. The van der Waals surface area contributed by atoms with E-state index >= 15 is 0 Å². The van der Waals surface area contributed by atoms with Gasteiger partial charge in [0.1, 0.15) is 21.6 Å². The van der Waals surface area contributed by atoms with Gasteiger partial charge in [-0.15, -0.1) is 11.3 Å². The first kappa shape index (κ1) is 22.5. The molecule has 0 fully saturated rings. The summed E-state index contributed by atoms with van der Waals surface area (Å²) in [7, 11) is -3.75. The molecule has 0 aliphatic carbocycles. The lowest BCUT2D eigenvalue weighted by atomic mass is 10.3. The summed E-state index contributed by atoms with van der Waals surface area (Å²) in [5.41, 5.74) is 0.394. The lowest BCUT2D eigenvalue weighted by molar-refractivity contribution is -0.119. The number of rotatable bonds is 8. The van der Waals surface area contributed by atoms with E-state index in [1.165, 1.54) is 13.0 Å². The van der Waals surface area contributed by atoms with Crippen LogP contribution in [-0.4, -0.2) is 28.9 Å². The van der Waals surface area contributed by atoms with Crippen LogP contribution >= 0.6 is 11.3 Å². The molecule has 33 heavy (non-hydrogen) atoms. The van der Waals surface area contributed by atoms with E-state index < -0.39 is 10.0 Å². The second-order valence-corrected chi connectivity index (χ2v) is 10.1. The number of thiophene rings is 1. The van der Waals surface area contributed by atoms with Gasteiger partial charge in [0, 0.05) is 35.9 Å². The molecule has 0 atom stereocenters. The van der Waals surface area contributed by atoms with Gasteiger partial charge in [0.2, 0.25) is 11.8 Å². The number of aryl methyl sites for hydroxylation is 1. The van der Waals surface area contributed by atoms with Gasteiger partial charge in [0.05, 0.1) is 6.54 Å². The lowest BCUT2D eigenvalue weighted by Crippen LogP contribution is -2.18. The number of carbonyl (C=O) groups excluding carboxylic acids is 1. The molecule has 1 amide bonds. The molecule has 170 valence electrons. The number of benzene rings is 1. The van der Waals surface area contributed by atoms with Crippen LogP contribution in [0.2, 0.25) is 0 Å².